The highest BCUT2D eigenvalue weighted by Gasteiger charge is 2.01. The second-order valence-corrected chi connectivity index (χ2v) is 2.70. The molecule has 0 unspecified atom stereocenters. The van der Waals surface area contributed by atoms with Crippen molar-refractivity contribution in [3.05, 3.63) is 0 Å². The molecule has 0 rings (SSSR count). The predicted octanol–water partition coefficient (Wildman–Crippen LogP) is -0.360. The van der Waals surface area contributed by atoms with Crippen molar-refractivity contribution < 1.29 is 19.7 Å². The molecule has 0 aromatic heterocycles. The van der Waals surface area contributed by atoms with Crippen molar-refractivity contribution in [2.75, 3.05) is 39.6 Å². The van der Waals surface area contributed by atoms with Gasteiger partial charge in [-0.05, 0) is 0 Å². The maximum absolute atomic E-state index is 8.40. The van der Waals surface area contributed by atoms with Gasteiger partial charge in [-0.25, -0.2) is 0 Å². The van der Waals surface area contributed by atoms with Crippen molar-refractivity contribution in [3.8, 4) is 0 Å². The van der Waals surface area contributed by atoms with Gasteiger partial charge in [0.25, 0.3) is 0 Å². The summed E-state index contributed by atoms with van der Waals surface area (Å²) in [5.74, 6) is 0.308. The second-order valence-electron chi connectivity index (χ2n) is 2.70. The predicted molar refractivity (Wildman–Crippen MR) is 45.0 cm³/mol. The van der Waals surface area contributed by atoms with Gasteiger partial charge in [0.1, 0.15) is 0 Å². The van der Waals surface area contributed by atoms with Gasteiger partial charge in [-0.2, -0.15) is 0 Å². The molecule has 0 aromatic rings. The first-order valence-corrected chi connectivity index (χ1v) is 4.18. The molecule has 0 fully saturated rings. The molecule has 0 saturated heterocycles. The third-order valence-electron chi connectivity index (χ3n) is 1.28. The Kier molecular flexibility index (Phi) is 8.81. The molecule has 0 heterocycles. The monoisotopic (exact) mass is 178 g/mol. The summed E-state index contributed by atoms with van der Waals surface area (Å²) in [5.41, 5.74) is 0. The van der Waals surface area contributed by atoms with Crippen molar-refractivity contribution >= 4 is 0 Å². The fraction of sp³-hybridized carbons (Fsp3) is 1.00. The molecule has 74 valence electrons. The van der Waals surface area contributed by atoms with E-state index in [-0.39, 0.29) is 13.2 Å². The van der Waals surface area contributed by atoms with Crippen LogP contribution in [0.25, 0.3) is 0 Å². The SMILES string of the molecule is CC(COCCO)COCCO. The molecule has 0 saturated carbocycles. The van der Waals surface area contributed by atoms with Gasteiger partial charge in [0.05, 0.1) is 39.6 Å². The Bertz CT molecular complexity index is 77.1. The fourth-order valence-corrected chi connectivity index (χ4v) is 0.746. The maximum atomic E-state index is 8.40. The Balaban J connectivity index is 3.04. The highest BCUT2D eigenvalue weighted by molar-refractivity contribution is 4.48. The first kappa shape index (κ1) is 11.8. The smallest absolute Gasteiger partial charge is 0.0697 e. The van der Waals surface area contributed by atoms with Crippen molar-refractivity contribution in [2.24, 2.45) is 5.92 Å². The number of hydrogen-bond acceptors (Lipinski definition) is 4. The van der Waals surface area contributed by atoms with Gasteiger partial charge in [-0.3, -0.25) is 0 Å². The molecule has 0 spiro atoms. The van der Waals surface area contributed by atoms with Gasteiger partial charge < -0.3 is 19.7 Å². The largest absolute Gasteiger partial charge is 0.394 e. The Labute approximate surface area is 73.1 Å². The van der Waals surface area contributed by atoms with Crippen LogP contribution in [0.4, 0.5) is 0 Å². The molecular formula is C8H18O4. The summed E-state index contributed by atoms with van der Waals surface area (Å²) < 4.78 is 10.2. The summed E-state index contributed by atoms with van der Waals surface area (Å²) in [6, 6.07) is 0. The van der Waals surface area contributed by atoms with Gasteiger partial charge in [-0.1, -0.05) is 6.92 Å². The Hall–Kier alpha value is -0.160. The molecule has 12 heavy (non-hydrogen) atoms. The summed E-state index contributed by atoms with van der Waals surface area (Å²) in [4.78, 5) is 0. The molecule has 2 N–H and O–H groups in total. The molecule has 0 bridgehead atoms. The van der Waals surface area contributed by atoms with Crippen molar-refractivity contribution in [1.29, 1.82) is 0 Å². The number of rotatable bonds is 8. The molecule has 0 aliphatic heterocycles. The van der Waals surface area contributed by atoms with Gasteiger partial charge in [0.15, 0.2) is 0 Å². The molecule has 0 aromatic carbocycles. The minimum absolute atomic E-state index is 0.0597. The first-order valence-electron chi connectivity index (χ1n) is 4.18. The van der Waals surface area contributed by atoms with E-state index in [1.807, 2.05) is 6.92 Å². The lowest BCUT2D eigenvalue weighted by Gasteiger charge is -2.11. The van der Waals surface area contributed by atoms with Crippen LogP contribution in [0.15, 0.2) is 0 Å². The van der Waals surface area contributed by atoms with Crippen LogP contribution < -0.4 is 0 Å². The molecule has 0 atom stereocenters. The minimum Gasteiger partial charge on any atom is -0.394 e. The first-order chi connectivity index (χ1) is 5.81. The summed E-state index contributed by atoms with van der Waals surface area (Å²) in [6.07, 6.45) is 0. The summed E-state index contributed by atoms with van der Waals surface area (Å²) >= 11 is 0. The molecule has 4 heteroatoms. The lowest BCUT2D eigenvalue weighted by Crippen LogP contribution is -2.15. The number of hydrogen-bond donors (Lipinski definition) is 2. The van der Waals surface area contributed by atoms with Crippen molar-refractivity contribution in [3.63, 3.8) is 0 Å². The fourth-order valence-electron chi connectivity index (χ4n) is 0.746. The van der Waals surface area contributed by atoms with E-state index < -0.39 is 0 Å². The highest BCUT2D eigenvalue weighted by Crippen LogP contribution is 1.96. The normalized spacial score (nSPS) is 11.0. The third-order valence-corrected chi connectivity index (χ3v) is 1.28. The van der Waals surface area contributed by atoms with Gasteiger partial charge >= 0.3 is 0 Å². The number of ether oxygens (including phenoxy) is 2. The lowest BCUT2D eigenvalue weighted by molar-refractivity contribution is 0.0230. The van der Waals surface area contributed by atoms with E-state index in [0.717, 1.165) is 0 Å². The zero-order valence-electron chi connectivity index (χ0n) is 7.53. The average Bonchev–Trinajstić information content (AvgIpc) is 2.06. The highest BCUT2D eigenvalue weighted by atomic mass is 16.5. The Morgan fingerprint density at radius 1 is 1.00 bits per heavy atom. The maximum Gasteiger partial charge on any atom is 0.0697 e. The van der Waals surface area contributed by atoms with Crippen LogP contribution in [-0.2, 0) is 9.47 Å². The zero-order valence-corrected chi connectivity index (χ0v) is 7.53. The van der Waals surface area contributed by atoms with Crippen LogP contribution in [0.5, 0.6) is 0 Å². The van der Waals surface area contributed by atoms with E-state index in [0.29, 0.717) is 32.3 Å². The molecule has 0 aliphatic carbocycles. The average molecular weight is 178 g/mol. The zero-order chi connectivity index (χ0) is 9.23. The van der Waals surface area contributed by atoms with E-state index in [4.69, 9.17) is 19.7 Å². The van der Waals surface area contributed by atoms with E-state index in [1.165, 1.54) is 0 Å². The van der Waals surface area contributed by atoms with E-state index in [9.17, 15) is 0 Å². The topological polar surface area (TPSA) is 58.9 Å². The standard InChI is InChI=1S/C8H18O4/c1-8(6-11-4-2-9)7-12-5-3-10/h8-10H,2-7H2,1H3. The second kappa shape index (κ2) is 8.93. The van der Waals surface area contributed by atoms with Gasteiger partial charge in [0.2, 0.25) is 0 Å². The Morgan fingerprint density at radius 2 is 1.42 bits per heavy atom. The third kappa shape index (κ3) is 7.94. The summed E-state index contributed by atoms with van der Waals surface area (Å²) in [6.45, 7) is 4.05. The van der Waals surface area contributed by atoms with Gasteiger partial charge in [-0.15, -0.1) is 0 Å². The van der Waals surface area contributed by atoms with E-state index in [2.05, 4.69) is 0 Å². The van der Waals surface area contributed by atoms with Crippen LogP contribution in [-0.4, -0.2) is 49.9 Å². The van der Waals surface area contributed by atoms with Gasteiger partial charge in [0, 0.05) is 5.92 Å². The molecule has 0 aliphatic rings. The summed E-state index contributed by atoms with van der Waals surface area (Å²) in [5, 5.41) is 16.8. The van der Waals surface area contributed by atoms with Crippen LogP contribution in [0.1, 0.15) is 6.92 Å². The minimum atomic E-state index is 0.0597. The number of aliphatic hydroxyl groups is 2. The Morgan fingerprint density at radius 3 is 1.75 bits per heavy atom. The summed E-state index contributed by atoms with van der Waals surface area (Å²) in [7, 11) is 0. The van der Waals surface area contributed by atoms with E-state index >= 15 is 0 Å². The van der Waals surface area contributed by atoms with Crippen LogP contribution in [0.2, 0.25) is 0 Å². The molecule has 0 radical (unpaired) electrons. The van der Waals surface area contributed by atoms with Crippen molar-refractivity contribution in [2.45, 2.75) is 6.92 Å². The molecule has 4 nitrogen and oxygen atoms in total. The lowest BCUT2D eigenvalue weighted by atomic mass is 10.2. The van der Waals surface area contributed by atoms with Crippen LogP contribution in [0.3, 0.4) is 0 Å². The van der Waals surface area contributed by atoms with Crippen molar-refractivity contribution in [1.82, 2.24) is 0 Å². The van der Waals surface area contributed by atoms with Crippen LogP contribution in [0, 0.1) is 5.92 Å². The quantitative estimate of drug-likeness (QED) is 0.498. The van der Waals surface area contributed by atoms with Crippen LogP contribution >= 0.6 is 0 Å². The van der Waals surface area contributed by atoms with E-state index in [1.54, 1.807) is 0 Å². The number of aliphatic hydroxyl groups excluding tert-OH is 2. The molecular weight excluding hydrogens is 160 g/mol. The molecule has 0 amide bonds.